The molecule has 7 nitrogen and oxygen atoms in total. The number of piperidine rings is 1. The number of aromatic nitrogens is 1. The fourth-order valence-electron chi connectivity index (χ4n) is 3.37. The molecule has 3 heterocycles. The van der Waals surface area contributed by atoms with Crippen molar-refractivity contribution in [3.05, 3.63) is 17.8 Å². The monoisotopic (exact) mass is 320 g/mol. The van der Waals surface area contributed by atoms with Gasteiger partial charge in [-0.25, -0.2) is 9.78 Å². The molecular formula is C16H24N4O3. The van der Waals surface area contributed by atoms with Gasteiger partial charge in [-0.3, -0.25) is 15.0 Å². The van der Waals surface area contributed by atoms with Crippen LogP contribution in [0.25, 0.3) is 0 Å². The molecular weight excluding hydrogens is 296 g/mol. The summed E-state index contributed by atoms with van der Waals surface area (Å²) >= 11 is 0. The molecule has 0 aromatic carbocycles. The van der Waals surface area contributed by atoms with E-state index in [1.54, 1.807) is 6.20 Å². The van der Waals surface area contributed by atoms with Gasteiger partial charge < -0.3 is 9.73 Å². The second kappa shape index (κ2) is 5.96. The van der Waals surface area contributed by atoms with Crippen LogP contribution in [0.15, 0.2) is 10.6 Å². The molecule has 7 heteroatoms. The Balaban J connectivity index is 1.66. The number of amides is 3. The second-order valence-corrected chi connectivity index (χ2v) is 7.00. The van der Waals surface area contributed by atoms with Gasteiger partial charge >= 0.3 is 6.03 Å². The van der Waals surface area contributed by atoms with Gasteiger partial charge in [-0.1, -0.05) is 13.8 Å². The Bertz CT molecular complexity index is 612. The molecule has 0 bridgehead atoms. The topological polar surface area (TPSA) is 87.5 Å². The molecule has 2 N–H and O–H groups in total. The number of hydrogen-bond donors (Lipinski definition) is 2. The van der Waals surface area contributed by atoms with Gasteiger partial charge in [0.2, 0.25) is 5.89 Å². The highest BCUT2D eigenvalue weighted by Crippen LogP contribution is 2.30. The SMILES string of the molecule is CC(C)c1cnc(CN2CCCC(C3(C)NC(=O)NC3=O)C2)o1. The maximum absolute atomic E-state index is 12.1. The minimum atomic E-state index is -0.824. The summed E-state index contributed by atoms with van der Waals surface area (Å²) in [6.45, 7) is 8.27. The highest BCUT2D eigenvalue weighted by molar-refractivity contribution is 6.06. The fraction of sp³-hybridized carbons (Fsp3) is 0.688. The molecule has 2 aliphatic rings. The van der Waals surface area contributed by atoms with Crippen molar-refractivity contribution in [1.29, 1.82) is 0 Å². The standard InChI is InChI=1S/C16H24N4O3/c1-10(2)12-7-17-13(23-12)9-20-6-4-5-11(8-20)16(3)14(21)18-15(22)19-16/h7,10-11H,4-6,8-9H2,1-3H3,(H2,18,19,21,22). The molecule has 1 aromatic heterocycles. The van der Waals surface area contributed by atoms with Crippen molar-refractivity contribution in [2.75, 3.05) is 13.1 Å². The first kappa shape index (κ1) is 16.0. The van der Waals surface area contributed by atoms with E-state index in [1.165, 1.54) is 0 Å². The van der Waals surface area contributed by atoms with E-state index in [0.29, 0.717) is 18.4 Å². The zero-order chi connectivity index (χ0) is 16.6. The molecule has 1 aromatic rings. The van der Waals surface area contributed by atoms with Crippen LogP contribution in [0, 0.1) is 5.92 Å². The smallest absolute Gasteiger partial charge is 0.322 e. The number of hydrogen-bond acceptors (Lipinski definition) is 5. The van der Waals surface area contributed by atoms with Crippen LogP contribution in [-0.2, 0) is 11.3 Å². The lowest BCUT2D eigenvalue weighted by Gasteiger charge is -2.39. The minimum Gasteiger partial charge on any atom is -0.444 e. The van der Waals surface area contributed by atoms with Gasteiger partial charge in [0.1, 0.15) is 11.3 Å². The molecule has 2 unspecified atom stereocenters. The predicted molar refractivity (Wildman–Crippen MR) is 83.7 cm³/mol. The minimum absolute atomic E-state index is 0.0854. The first-order chi connectivity index (χ1) is 10.9. The van der Waals surface area contributed by atoms with Gasteiger partial charge in [0.15, 0.2) is 0 Å². The summed E-state index contributed by atoms with van der Waals surface area (Å²) in [4.78, 5) is 30.2. The lowest BCUT2D eigenvalue weighted by atomic mass is 9.80. The predicted octanol–water partition coefficient (Wildman–Crippen LogP) is 1.61. The summed E-state index contributed by atoms with van der Waals surface area (Å²) in [5, 5.41) is 5.13. The van der Waals surface area contributed by atoms with Gasteiger partial charge in [0, 0.05) is 18.4 Å². The summed E-state index contributed by atoms with van der Waals surface area (Å²) < 4.78 is 5.77. The van der Waals surface area contributed by atoms with Crippen molar-refractivity contribution in [3.8, 4) is 0 Å². The van der Waals surface area contributed by atoms with Crippen molar-refractivity contribution in [3.63, 3.8) is 0 Å². The number of rotatable bonds is 4. The van der Waals surface area contributed by atoms with E-state index in [1.807, 2.05) is 6.92 Å². The normalized spacial score (nSPS) is 29.0. The summed E-state index contributed by atoms with van der Waals surface area (Å²) in [7, 11) is 0. The third kappa shape index (κ3) is 3.10. The van der Waals surface area contributed by atoms with E-state index in [9.17, 15) is 9.59 Å². The maximum atomic E-state index is 12.1. The molecule has 2 atom stereocenters. The summed E-state index contributed by atoms with van der Waals surface area (Å²) in [6, 6.07) is -0.399. The van der Waals surface area contributed by atoms with Gasteiger partial charge in [0.05, 0.1) is 12.7 Å². The molecule has 0 spiro atoms. The van der Waals surface area contributed by atoms with Crippen molar-refractivity contribution in [1.82, 2.24) is 20.5 Å². The zero-order valence-electron chi connectivity index (χ0n) is 13.9. The zero-order valence-corrected chi connectivity index (χ0v) is 13.9. The van der Waals surface area contributed by atoms with Crippen molar-refractivity contribution >= 4 is 11.9 Å². The van der Waals surface area contributed by atoms with Crippen molar-refractivity contribution in [2.45, 2.75) is 51.6 Å². The average Bonchev–Trinajstić information content (AvgIpc) is 3.05. The van der Waals surface area contributed by atoms with E-state index in [2.05, 4.69) is 34.4 Å². The maximum Gasteiger partial charge on any atom is 0.322 e. The molecule has 126 valence electrons. The molecule has 23 heavy (non-hydrogen) atoms. The van der Waals surface area contributed by atoms with Crippen molar-refractivity contribution < 1.29 is 14.0 Å². The van der Waals surface area contributed by atoms with Crippen LogP contribution in [0.2, 0.25) is 0 Å². The lowest BCUT2D eigenvalue weighted by Crippen LogP contribution is -2.55. The van der Waals surface area contributed by atoms with Crippen molar-refractivity contribution in [2.24, 2.45) is 5.92 Å². The number of imide groups is 1. The van der Waals surface area contributed by atoms with E-state index >= 15 is 0 Å². The number of nitrogens with zero attached hydrogens (tertiary/aromatic N) is 2. The summed E-state index contributed by atoms with van der Waals surface area (Å²) in [6.07, 6.45) is 3.69. The number of nitrogens with one attached hydrogen (secondary N) is 2. The van der Waals surface area contributed by atoms with E-state index in [-0.39, 0.29) is 11.8 Å². The largest absolute Gasteiger partial charge is 0.444 e. The fourth-order valence-corrected chi connectivity index (χ4v) is 3.37. The summed E-state index contributed by atoms with van der Waals surface area (Å²) in [5.41, 5.74) is -0.824. The van der Waals surface area contributed by atoms with Crippen LogP contribution in [0.4, 0.5) is 4.79 Å². The van der Waals surface area contributed by atoms with E-state index in [4.69, 9.17) is 4.42 Å². The number of likely N-dealkylation sites (tertiary alicyclic amines) is 1. The highest BCUT2D eigenvalue weighted by Gasteiger charge is 2.48. The van der Waals surface area contributed by atoms with E-state index < -0.39 is 11.6 Å². The first-order valence-corrected chi connectivity index (χ1v) is 8.19. The lowest BCUT2D eigenvalue weighted by molar-refractivity contribution is -0.126. The molecule has 2 saturated heterocycles. The van der Waals surface area contributed by atoms with Gasteiger partial charge in [-0.05, 0) is 26.3 Å². The molecule has 0 saturated carbocycles. The Labute approximate surface area is 135 Å². The van der Waals surface area contributed by atoms with E-state index in [0.717, 1.165) is 31.7 Å². The van der Waals surface area contributed by atoms with Crippen LogP contribution in [0.1, 0.15) is 51.2 Å². The number of carbonyl (C=O) groups is 2. The van der Waals surface area contributed by atoms with Gasteiger partial charge in [-0.2, -0.15) is 0 Å². The molecule has 3 rings (SSSR count). The molecule has 2 fully saturated rings. The van der Waals surface area contributed by atoms with Crippen LogP contribution in [-0.4, -0.2) is 40.5 Å². The third-order valence-electron chi connectivity index (χ3n) is 4.89. The Morgan fingerprint density at radius 1 is 1.48 bits per heavy atom. The quantitative estimate of drug-likeness (QED) is 0.823. The highest BCUT2D eigenvalue weighted by atomic mass is 16.4. The Hall–Kier alpha value is -1.89. The molecule has 0 aliphatic carbocycles. The third-order valence-corrected chi connectivity index (χ3v) is 4.89. The Morgan fingerprint density at radius 2 is 2.26 bits per heavy atom. The van der Waals surface area contributed by atoms with Crippen LogP contribution < -0.4 is 10.6 Å². The Morgan fingerprint density at radius 3 is 2.87 bits per heavy atom. The van der Waals surface area contributed by atoms with Crippen LogP contribution >= 0.6 is 0 Å². The first-order valence-electron chi connectivity index (χ1n) is 8.19. The molecule has 3 amide bonds. The molecule has 0 radical (unpaired) electrons. The number of oxazole rings is 1. The van der Waals surface area contributed by atoms with Gasteiger partial charge in [0.25, 0.3) is 5.91 Å². The van der Waals surface area contributed by atoms with Crippen LogP contribution in [0.5, 0.6) is 0 Å². The molecule has 2 aliphatic heterocycles. The number of carbonyl (C=O) groups excluding carboxylic acids is 2. The Kier molecular flexibility index (Phi) is 4.14. The van der Waals surface area contributed by atoms with Crippen LogP contribution in [0.3, 0.4) is 0 Å². The second-order valence-electron chi connectivity index (χ2n) is 7.00. The summed E-state index contributed by atoms with van der Waals surface area (Å²) in [5.74, 6) is 1.78. The average molecular weight is 320 g/mol. The van der Waals surface area contributed by atoms with Gasteiger partial charge in [-0.15, -0.1) is 0 Å². The number of urea groups is 1.